The second-order valence-electron chi connectivity index (χ2n) is 4.17. The molecule has 0 aliphatic carbocycles. The SMILES string of the molecule is CNCc1cccc(F)c1SCc1ccc(Cl)cc1. The predicted molar refractivity (Wildman–Crippen MR) is 80.2 cm³/mol. The van der Waals surface area contributed by atoms with Crippen molar-refractivity contribution in [1.82, 2.24) is 5.32 Å². The summed E-state index contributed by atoms with van der Waals surface area (Å²) >= 11 is 7.36. The van der Waals surface area contributed by atoms with Gasteiger partial charge < -0.3 is 5.32 Å². The van der Waals surface area contributed by atoms with Crippen molar-refractivity contribution < 1.29 is 4.39 Å². The quantitative estimate of drug-likeness (QED) is 0.816. The van der Waals surface area contributed by atoms with Gasteiger partial charge in [-0.25, -0.2) is 4.39 Å². The number of thioether (sulfide) groups is 1. The van der Waals surface area contributed by atoms with Crippen LogP contribution in [0.15, 0.2) is 47.4 Å². The molecule has 0 fully saturated rings. The minimum atomic E-state index is -0.160. The van der Waals surface area contributed by atoms with E-state index in [1.54, 1.807) is 6.07 Å². The van der Waals surface area contributed by atoms with Gasteiger partial charge in [-0.1, -0.05) is 35.9 Å². The normalized spacial score (nSPS) is 10.7. The summed E-state index contributed by atoms with van der Waals surface area (Å²) in [5.41, 5.74) is 2.12. The maximum absolute atomic E-state index is 13.9. The molecule has 1 nitrogen and oxygen atoms in total. The van der Waals surface area contributed by atoms with E-state index < -0.39 is 0 Å². The van der Waals surface area contributed by atoms with E-state index in [9.17, 15) is 4.39 Å². The van der Waals surface area contributed by atoms with Crippen LogP contribution in [-0.2, 0) is 12.3 Å². The first-order valence-corrected chi connectivity index (χ1v) is 7.36. The Balaban J connectivity index is 2.12. The Hall–Kier alpha value is -1.03. The Kier molecular flexibility index (Phi) is 5.25. The van der Waals surface area contributed by atoms with Crippen LogP contribution in [0, 0.1) is 5.82 Å². The van der Waals surface area contributed by atoms with Crippen LogP contribution in [-0.4, -0.2) is 7.05 Å². The van der Waals surface area contributed by atoms with Gasteiger partial charge in [0, 0.05) is 22.2 Å². The Morgan fingerprint density at radius 1 is 1.16 bits per heavy atom. The number of hydrogen-bond acceptors (Lipinski definition) is 2. The lowest BCUT2D eigenvalue weighted by Crippen LogP contribution is -2.07. The molecule has 0 spiro atoms. The molecule has 0 aliphatic heterocycles. The number of hydrogen-bond donors (Lipinski definition) is 1. The summed E-state index contributed by atoms with van der Waals surface area (Å²) in [6.45, 7) is 0.667. The molecule has 0 heterocycles. The topological polar surface area (TPSA) is 12.0 Å². The number of rotatable bonds is 5. The molecule has 19 heavy (non-hydrogen) atoms. The molecule has 2 rings (SSSR count). The summed E-state index contributed by atoms with van der Waals surface area (Å²) in [7, 11) is 1.86. The first-order chi connectivity index (χ1) is 9.20. The van der Waals surface area contributed by atoms with Crippen LogP contribution in [0.3, 0.4) is 0 Å². The van der Waals surface area contributed by atoms with E-state index in [-0.39, 0.29) is 5.82 Å². The van der Waals surface area contributed by atoms with Crippen molar-refractivity contribution in [3.63, 3.8) is 0 Å². The van der Waals surface area contributed by atoms with Crippen LogP contribution in [0.2, 0.25) is 5.02 Å². The first kappa shape index (κ1) is 14.4. The molecular formula is C15H15ClFNS. The lowest BCUT2D eigenvalue weighted by atomic mass is 10.2. The summed E-state index contributed by atoms with van der Waals surface area (Å²) < 4.78 is 13.9. The van der Waals surface area contributed by atoms with Crippen molar-refractivity contribution >= 4 is 23.4 Å². The van der Waals surface area contributed by atoms with Crippen LogP contribution < -0.4 is 5.32 Å². The maximum Gasteiger partial charge on any atom is 0.137 e. The van der Waals surface area contributed by atoms with Crippen LogP contribution in [0.5, 0.6) is 0 Å². The fourth-order valence-corrected chi connectivity index (χ4v) is 2.94. The highest BCUT2D eigenvalue weighted by atomic mass is 35.5. The molecule has 100 valence electrons. The van der Waals surface area contributed by atoms with E-state index in [1.807, 2.05) is 37.4 Å². The zero-order valence-electron chi connectivity index (χ0n) is 10.6. The number of nitrogens with one attached hydrogen (secondary N) is 1. The van der Waals surface area contributed by atoms with E-state index >= 15 is 0 Å². The molecule has 0 saturated heterocycles. The molecule has 2 aromatic rings. The summed E-state index contributed by atoms with van der Waals surface area (Å²) in [6, 6.07) is 12.8. The van der Waals surface area contributed by atoms with E-state index in [4.69, 9.17) is 11.6 Å². The van der Waals surface area contributed by atoms with E-state index in [0.29, 0.717) is 11.4 Å². The van der Waals surface area contributed by atoms with Gasteiger partial charge in [-0.2, -0.15) is 0 Å². The Labute approximate surface area is 122 Å². The highest BCUT2D eigenvalue weighted by Gasteiger charge is 2.08. The van der Waals surface area contributed by atoms with Gasteiger partial charge in [-0.15, -0.1) is 11.8 Å². The van der Waals surface area contributed by atoms with Crippen molar-refractivity contribution in [1.29, 1.82) is 0 Å². The van der Waals surface area contributed by atoms with Gasteiger partial charge in [0.1, 0.15) is 5.82 Å². The Bertz CT molecular complexity index is 542. The van der Waals surface area contributed by atoms with Gasteiger partial charge in [0.05, 0.1) is 0 Å². The summed E-state index contributed by atoms with van der Waals surface area (Å²) in [5, 5.41) is 3.78. The highest BCUT2D eigenvalue weighted by molar-refractivity contribution is 7.98. The van der Waals surface area contributed by atoms with Gasteiger partial charge in [0.25, 0.3) is 0 Å². The Morgan fingerprint density at radius 3 is 2.58 bits per heavy atom. The molecule has 1 N–H and O–H groups in total. The monoisotopic (exact) mass is 295 g/mol. The van der Waals surface area contributed by atoms with Crippen molar-refractivity contribution in [2.24, 2.45) is 0 Å². The third kappa shape index (κ3) is 3.96. The molecule has 0 amide bonds. The van der Waals surface area contributed by atoms with Gasteiger partial charge in [-0.05, 0) is 36.4 Å². The Morgan fingerprint density at radius 2 is 1.89 bits per heavy atom. The zero-order chi connectivity index (χ0) is 13.7. The minimum Gasteiger partial charge on any atom is -0.316 e. The van der Waals surface area contributed by atoms with Crippen LogP contribution in [0.4, 0.5) is 4.39 Å². The molecule has 2 aromatic carbocycles. The van der Waals surface area contributed by atoms with E-state index in [1.165, 1.54) is 17.8 Å². The maximum atomic E-state index is 13.9. The standard InChI is InChI=1S/C15H15ClFNS/c1-18-9-12-3-2-4-14(17)15(12)19-10-11-5-7-13(16)8-6-11/h2-8,18H,9-10H2,1H3. The minimum absolute atomic E-state index is 0.160. The average molecular weight is 296 g/mol. The number of benzene rings is 2. The molecule has 0 aromatic heterocycles. The smallest absolute Gasteiger partial charge is 0.137 e. The molecule has 4 heteroatoms. The van der Waals surface area contributed by atoms with Crippen LogP contribution in [0.1, 0.15) is 11.1 Å². The molecular weight excluding hydrogens is 281 g/mol. The fourth-order valence-electron chi connectivity index (χ4n) is 1.78. The van der Waals surface area contributed by atoms with Crippen LogP contribution >= 0.6 is 23.4 Å². The van der Waals surface area contributed by atoms with E-state index in [2.05, 4.69) is 5.32 Å². The third-order valence-electron chi connectivity index (χ3n) is 2.71. The molecule has 0 aliphatic rings. The lowest BCUT2D eigenvalue weighted by Gasteiger charge is -2.10. The first-order valence-electron chi connectivity index (χ1n) is 6.00. The highest BCUT2D eigenvalue weighted by Crippen LogP contribution is 2.29. The van der Waals surface area contributed by atoms with Crippen molar-refractivity contribution in [3.8, 4) is 0 Å². The fraction of sp³-hybridized carbons (Fsp3) is 0.200. The molecule has 0 unspecified atom stereocenters. The average Bonchev–Trinajstić information content (AvgIpc) is 2.40. The van der Waals surface area contributed by atoms with E-state index in [0.717, 1.165) is 21.9 Å². The molecule has 0 radical (unpaired) electrons. The summed E-state index contributed by atoms with van der Waals surface area (Å²) in [6.07, 6.45) is 0. The predicted octanol–water partition coefficient (Wildman–Crippen LogP) is 4.49. The van der Waals surface area contributed by atoms with Crippen molar-refractivity contribution in [3.05, 3.63) is 64.4 Å². The van der Waals surface area contributed by atoms with Crippen molar-refractivity contribution in [2.45, 2.75) is 17.2 Å². The largest absolute Gasteiger partial charge is 0.316 e. The molecule has 0 bridgehead atoms. The van der Waals surface area contributed by atoms with Gasteiger partial charge in [0.2, 0.25) is 0 Å². The van der Waals surface area contributed by atoms with Crippen molar-refractivity contribution in [2.75, 3.05) is 7.05 Å². The van der Waals surface area contributed by atoms with Crippen LogP contribution in [0.25, 0.3) is 0 Å². The van der Waals surface area contributed by atoms with Gasteiger partial charge in [0.15, 0.2) is 0 Å². The van der Waals surface area contributed by atoms with Gasteiger partial charge >= 0.3 is 0 Å². The zero-order valence-corrected chi connectivity index (χ0v) is 12.2. The molecule has 0 saturated carbocycles. The summed E-state index contributed by atoms with van der Waals surface area (Å²) in [5.74, 6) is 0.571. The third-order valence-corrected chi connectivity index (χ3v) is 4.19. The second kappa shape index (κ2) is 6.94. The number of halogens is 2. The van der Waals surface area contributed by atoms with Gasteiger partial charge in [-0.3, -0.25) is 0 Å². The molecule has 0 atom stereocenters. The second-order valence-corrected chi connectivity index (χ2v) is 5.60. The summed E-state index contributed by atoms with van der Waals surface area (Å²) in [4.78, 5) is 0.715. The lowest BCUT2D eigenvalue weighted by molar-refractivity contribution is 0.594.